The summed E-state index contributed by atoms with van der Waals surface area (Å²) in [5.74, 6) is 1.10. The predicted octanol–water partition coefficient (Wildman–Crippen LogP) is 3.18. The number of halogens is 1. The Kier molecular flexibility index (Phi) is 4.73. The molecule has 1 aromatic heterocycles. The highest BCUT2D eigenvalue weighted by molar-refractivity contribution is 9.10. The van der Waals surface area contributed by atoms with Crippen LogP contribution in [-0.2, 0) is 0 Å². The summed E-state index contributed by atoms with van der Waals surface area (Å²) in [6, 6.07) is 6.10. The van der Waals surface area contributed by atoms with Gasteiger partial charge >= 0.3 is 12.0 Å². The van der Waals surface area contributed by atoms with Crippen LogP contribution in [0.25, 0.3) is 0 Å². The third-order valence-electron chi connectivity index (χ3n) is 2.45. The predicted molar refractivity (Wildman–Crippen MR) is 79.5 cm³/mol. The Labute approximate surface area is 125 Å². The zero-order valence-electron chi connectivity index (χ0n) is 11.5. The van der Waals surface area contributed by atoms with E-state index in [0.29, 0.717) is 18.2 Å². The molecule has 0 fully saturated rings. The molecule has 7 heteroatoms. The van der Waals surface area contributed by atoms with Crippen LogP contribution < -0.4 is 14.8 Å². The summed E-state index contributed by atoms with van der Waals surface area (Å²) in [4.78, 5) is 12.3. The van der Waals surface area contributed by atoms with Gasteiger partial charge in [0, 0.05) is 11.0 Å². The van der Waals surface area contributed by atoms with Crippen LogP contribution in [0.1, 0.15) is 12.5 Å². The van der Waals surface area contributed by atoms with Crippen molar-refractivity contribution in [3.8, 4) is 17.8 Å². The van der Waals surface area contributed by atoms with Gasteiger partial charge in [0.05, 0.1) is 7.11 Å². The first-order valence-electron chi connectivity index (χ1n) is 6.10. The third kappa shape index (κ3) is 3.57. The van der Waals surface area contributed by atoms with Crippen LogP contribution >= 0.6 is 15.9 Å². The normalized spacial score (nSPS) is 10.2. The summed E-state index contributed by atoms with van der Waals surface area (Å²) in [6.07, 6.45) is 0. The van der Waals surface area contributed by atoms with Gasteiger partial charge in [-0.25, -0.2) is 0 Å². The number of rotatable bonds is 5. The fourth-order valence-electron chi connectivity index (χ4n) is 1.54. The summed E-state index contributed by atoms with van der Waals surface area (Å²) in [5.41, 5.74) is 0.976. The maximum Gasteiger partial charge on any atom is 0.330 e. The van der Waals surface area contributed by atoms with Crippen molar-refractivity contribution < 1.29 is 9.47 Å². The maximum absolute atomic E-state index is 5.69. The molecule has 0 atom stereocenters. The van der Waals surface area contributed by atoms with Crippen molar-refractivity contribution in [3.05, 3.63) is 28.2 Å². The van der Waals surface area contributed by atoms with Gasteiger partial charge in [-0.15, -0.1) is 4.98 Å². The molecule has 0 bridgehead atoms. The molecule has 0 saturated carbocycles. The number of aryl methyl sites for hydroxylation is 1. The number of anilines is 1. The molecule has 0 unspecified atom stereocenters. The highest BCUT2D eigenvalue weighted by atomic mass is 79.9. The van der Waals surface area contributed by atoms with Crippen molar-refractivity contribution in [1.82, 2.24) is 15.0 Å². The lowest BCUT2D eigenvalue weighted by molar-refractivity contribution is 0.359. The number of ether oxygens (including phenoxy) is 2. The lowest BCUT2D eigenvalue weighted by Gasteiger charge is -2.09. The smallest absolute Gasteiger partial charge is 0.330 e. The highest BCUT2D eigenvalue weighted by Crippen LogP contribution is 2.26. The van der Waals surface area contributed by atoms with Gasteiger partial charge in [0.1, 0.15) is 5.75 Å². The van der Waals surface area contributed by atoms with Gasteiger partial charge in [0.25, 0.3) is 0 Å². The van der Waals surface area contributed by atoms with Crippen LogP contribution in [-0.4, -0.2) is 28.6 Å². The molecule has 1 N–H and O–H groups in total. The average molecular weight is 339 g/mol. The lowest BCUT2D eigenvalue weighted by Crippen LogP contribution is -2.06. The van der Waals surface area contributed by atoms with Gasteiger partial charge in [0.2, 0.25) is 5.95 Å². The van der Waals surface area contributed by atoms with E-state index in [2.05, 4.69) is 36.2 Å². The first kappa shape index (κ1) is 14.5. The first-order valence-corrected chi connectivity index (χ1v) is 6.89. The van der Waals surface area contributed by atoms with Crippen LogP contribution in [0.4, 0.5) is 5.95 Å². The summed E-state index contributed by atoms with van der Waals surface area (Å²) >= 11 is 3.41. The summed E-state index contributed by atoms with van der Waals surface area (Å²) in [6.45, 7) is 4.60. The molecule has 0 radical (unpaired) electrons. The second-order valence-corrected chi connectivity index (χ2v) is 4.89. The van der Waals surface area contributed by atoms with E-state index in [0.717, 1.165) is 10.0 Å². The Bertz CT molecular complexity index is 607. The van der Waals surface area contributed by atoms with Gasteiger partial charge in [-0.1, -0.05) is 15.9 Å². The minimum Gasteiger partial charge on any atom is -0.467 e. The van der Waals surface area contributed by atoms with E-state index in [1.165, 1.54) is 7.11 Å². The van der Waals surface area contributed by atoms with E-state index >= 15 is 0 Å². The highest BCUT2D eigenvalue weighted by Gasteiger charge is 2.10. The number of nitrogens with zero attached hydrogens (tertiary/aromatic N) is 3. The fourth-order valence-corrected chi connectivity index (χ4v) is 2.01. The van der Waals surface area contributed by atoms with Gasteiger partial charge < -0.3 is 14.8 Å². The maximum atomic E-state index is 5.69. The van der Waals surface area contributed by atoms with Gasteiger partial charge in [-0.2, -0.15) is 9.97 Å². The average Bonchev–Trinajstić information content (AvgIpc) is 2.42. The Morgan fingerprint density at radius 3 is 2.60 bits per heavy atom. The number of benzene rings is 1. The van der Waals surface area contributed by atoms with Crippen LogP contribution in [0.3, 0.4) is 0 Å². The molecular formula is C13H15BrN4O2. The molecule has 2 aromatic rings. The van der Waals surface area contributed by atoms with Crippen molar-refractivity contribution in [2.24, 2.45) is 0 Å². The third-order valence-corrected chi connectivity index (χ3v) is 2.94. The SMILES string of the molecule is CCNc1nc(OC)nc(Oc2ccc(Br)cc2C)n1. The van der Waals surface area contributed by atoms with E-state index in [1.807, 2.05) is 32.0 Å². The number of methoxy groups -OCH3 is 1. The molecule has 106 valence electrons. The molecule has 0 aliphatic heterocycles. The van der Waals surface area contributed by atoms with Crippen LogP contribution in [0.15, 0.2) is 22.7 Å². The first-order chi connectivity index (χ1) is 9.62. The molecule has 1 heterocycles. The number of hydrogen-bond acceptors (Lipinski definition) is 6. The van der Waals surface area contributed by atoms with E-state index in [9.17, 15) is 0 Å². The zero-order valence-corrected chi connectivity index (χ0v) is 13.1. The minimum atomic E-state index is 0.193. The topological polar surface area (TPSA) is 69.2 Å². The van der Waals surface area contributed by atoms with Crippen molar-refractivity contribution in [2.75, 3.05) is 19.0 Å². The Morgan fingerprint density at radius 2 is 1.95 bits per heavy atom. The molecule has 0 aliphatic carbocycles. The molecule has 0 spiro atoms. The van der Waals surface area contributed by atoms with Crippen LogP contribution in [0.2, 0.25) is 0 Å². The number of aromatic nitrogens is 3. The van der Waals surface area contributed by atoms with Gasteiger partial charge in [0.15, 0.2) is 0 Å². The van der Waals surface area contributed by atoms with Crippen molar-refractivity contribution >= 4 is 21.9 Å². The van der Waals surface area contributed by atoms with E-state index < -0.39 is 0 Å². The monoisotopic (exact) mass is 338 g/mol. The number of hydrogen-bond donors (Lipinski definition) is 1. The molecule has 0 saturated heterocycles. The molecule has 6 nitrogen and oxygen atoms in total. The van der Waals surface area contributed by atoms with Crippen LogP contribution in [0, 0.1) is 6.92 Å². The standard InChI is InChI=1S/C13H15BrN4O2/c1-4-15-11-16-12(19-3)18-13(17-11)20-10-6-5-9(14)7-8(10)2/h5-7H,4H2,1-3H3,(H,15,16,17,18). The molecule has 0 aliphatic rings. The van der Waals surface area contributed by atoms with Crippen LogP contribution in [0.5, 0.6) is 17.8 Å². The van der Waals surface area contributed by atoms with E-state index in [4.69, 9.17) is 9.47 Å². The fraction of sp³-hybridized carbons (Fsp3) is 0.308. The Hall–Kier alpha value is -1.89. The summed E-state index contributed by atoms with van der Waals surface area (Å²) in [7, 11) is 1.50. The Morgan fingerprint density at radius 1 is 1.20 bits per heavy atom. The van der Waals surface area contributed by atoms with Gasteiger partial charge in [-0.05, 0) is 37.6 Å². The molecule has 0 amide bonds. The zero-order chi connectivity index (χ0) is 14.5. The molecule has 1 aromatic carbocycles. The van der Waals surface area contributed by atoms with E-state index in [1.54, 1.807) is 0 Å². The minimum absolute atomic E-state index is 0.193. The van der Waals surface area contributed by atoms with Crippen molar-refractivity contribution in [2.45, 2.75) is 13.8 Å². The second kappa shape index (κ2) is 6.51. The van der Waals surface area contributed by atoms with Crippen molar-refractivity contribution in [1.29, 1.82) is 0 Å². The molecule has 2 rings (SSSR count). The molecular weight excluding hydrogens is 324 g/mol. The largest absolute Gasteiger partial charge is 0.467 e. The summed E-state index contributed by atoms with van der Waals surface area (Å²) < 4.78 is 11.7. The second-order valence-electron chi connectivity index (χ2n) is 3.97. The van der Waals surface area contributed by atoms with Crippen molar-refractivity contribution in [3.63, 3.8) is 0 Å². The number of nitrogens with one attached hydrogen (secondary N) is 1. The lowest BCUT2D eigenvalue weighted by atomic mass is 10.2. The molecule has 20 heavy (non-hydrogen) atoms. The van der Waals surface area contributed by atoms with E-state index in [-0.39, 0.29) is 12.0 Å². The quantitative estimate of drug-likeness (QED) is 0.902. The Balaban J connectivity index is 2.29. The van der Waals surface area contributed by atoms with Gasteiger partial charge in [-0.3, -0.25) is 0 Å². The summed E-state index contributed by atoms with van der Waals surface area (Å²) in [5, 5.41) is 3.00.